The van der Waals surface area contributed by atoms with Gasteiger partial charge in [0.15, 0.2) is 5.65 Å². The molecule has 0 bridgehead atoms. The molecule has 1 aromatic carbocycles. The van der Waals surface area contributed by atoms with E-state index in [-0.39, 0.29) is 5.56 Å². The quantitative estimate of drug-likeness (QED) is 0.765. The summed E-state index contributed by atoms with van der Waals surface area (Å²) in [4.78, 5) is 7.00. The van der Waals surface area contributed by atoms with Crippen molar-refractivity contribution in [2.45, 2.75) is 6.18 Å². The summed E-state index contributed by atoms with van der Waals surface area (Å²) in [5.74, 6) is 0. The standard InChI is InChI=1S/C13H9F3N2OS/c1-19-12-18-11-10(20-12)8(6-17-11)7-4-2-3-5-9(7)13(14,15)16/h2-6,17H,1H3. The SMILES string of the molecule is COc1nc2[nH]cc(-c3ccccc3C(F)(F)F)c2s1. The van der Waals surface area contributed by atoms with Crippen molar-refractivity contribution in [3.63, 3.8) is 0 Å². The zero-order chi connectivity index (χ0) is 14.3. The largest absolute Gasteiger partial charge is 0.473 e. The van der Waals surface area contributed by atoms with Gasteiger partial charge in [0.05, 0.1) is 17.4 Å². The van der Waals surface area contributed by atoms with E-state index in [1.54, 1.807) is 6.07 Å². The van der Waals surface area contributed by atoms with E-state index < -0.39 is 11.7 Å². The number of rotatable bonds is 2. The van der Waals surface area contributed by atoms with Crippen LogP contribution in [0.1, 0.15) is 5.56 Å². The van der Waals surface area contributed by atoms with E-state index >= 15 is 0 Å². The molecule has 2 heterocycles. The highest BCUT2D eigenvalue weighted by Gasteiger charge is 2.34. The third-order valence-electron chi connectivity index (χ3n) is 2.90. The van der Waals surface area contributed by atoms with E-state index in [9.17, 15) is 13.2 Å². The van der Waals surface area contributed by atoms with Crippen molar-refractivity contribution < 1.29 is 17.9 Å². The van der Waals surface area contributed by atoms with Crippen LogP contribution in [0, 0.1) is 0 Å². The summed E-state index contributed by atoms with van der Waals surface area (Å²) in [5, 5.41) is 0.414. The smallest absolute Gasteiger partial charge is 0.417 e. The molecule has 0 saturated heterocycles. The lowest BCUT2D eigenvalue weighted by Gasteiger charge is -2.11. The molecule has 1 N–H and O–H groups in total. The molecule has 0 aliphatic rings. The fraction of sp³-hybridized carbons (Fsp3) is 0.154. The summed E-state index contributed by atoms with van der Waals surface area (Å²) in [7, 11) is 1.47. The van der Waals surface area contributed by atoms with Gasteiger partial charge < -0.3 is 9.72 Å². The van der Waals surface area contributed by atoms with Crippen LogP contribution in [-0.4, -0.2) is 17.1 Å². The first-order chi connectivity index (χ1) is 9.50. The average Bonchev–Trinajstić information content (AvgIpc) is 2.96. The van der Waals surface area contributed by atoms with Gasteiger partial charge in [-0.2, -0.15) is 18.2 Å². The van der Waals surface area contributed by atoms with Crippen LogP contribution >= 0.6 is 11.3 Å². The van der Waals surface area contributed by atoms with Crippen molar-refractivity contribution in [1.82, 2.24) is 9.97 Å². The fourth-order valence-corrected chi connectivity index (χ4v) is 2.91. The van der Waals surface area contributed by atoms with Gasteiger partial charge in [-0.15, -0.1) is 0 Å². The monoisotopic (exact) mass is 298 g/mol. The first-order valence-corrected chi connectivity index (χ1v) is 6.51. The zero-order valence-corrected chi connectivity index (χ0v) is 11.1. The number of aromatic amines is 1. The van der Waals surface area contributed by atoms with E-state index in [1.807, 2.05) is 0 Å². The Morgan fingerprint density at radius 2 is 1.95 bits per heavy atom. The third-order valence-corrected chi connectivity index (χ3v) is 3.95. The second kappa shape index (κ2) is 4.52. The normalized spacial score (nSPS) is 12.0. The lowest BCUT2D eigenvalue weighted by atomic mass is 10.0. The molecule has 0 radical (unpaired) electrons. The molecule has 0 atom stereocenters. The molecule has 3 rings (SSSR count). The second-order valence-electron chi connectivity index (χ2n) is 4.11. The number of halogens is 3. The van der Waals surface area contributed by atoms with Crippen molar-refractivity contribution in [1.29, 1.82) is 0 Å². The number of nitrogens with one attached hydrogen (secondary N) is 1. The number of thiazole rings is 1. The van der Waals surface area contributed by atoms with E-state index in [1.165, 1.54) is 36.8 Å². The molecule has 3 aromatic rings. The molecule has 0 spiro atoms. The second-order valence-corrected chi connectivity index (χ2v) is 5.07. The predicted molar refractivity (Wildman–Crippen MR) is 71.0 cm³/mol. The summed E-state index contributed by atoms with van der Waals surface area (Å²) in [5.41, 5.74) is 0.485. The maximum absolute atomic E-state index is 13.1. The molecule has 7 heteroatoms. The van der Waals surface area contributed by atoms with Crippen molar-refractivity contribution in [2.75, 3.05) is 7.11 Å². The highest BCUT2D eigenvalue weighted by Crippen LogP contribution is 2.41. The van der Waals surface area contributed by atoms with Crippen LogP contribution in [0.4, 0.5) is 13.2 Å². The molecule has 0 aliphatic carbocycles. The van der Waals surface area contributed by atoms with Crippen LogP contribution in [0.5, 0.6) is 5.19 Å². The molecule has 0 aliphatic heterocycles. The van der Waals surface area contributed by atoms with Crippen LogP contribution in [0.15, 0.2) is 30.5 Å². The fourth-order valence-electron chi connectivity index (χ4n) is 2.04. The minimum Gasteiger partial charge on any atom is -0.473 e. The minimum absolute atomic E-state index is 0.137. The first kappa shape index (κ1) is 13.0. The van der Waals surface area contributed by atoms with Crippen LogP contribution in [0.25, 0.3) is 21.5 Å². The molecular weight excluding hydrogens is 289 g/mol. The Morgan fingerprint density at radius 1 is 1.20 bits per heavy atom. The number of methoxy groups -OCH3 is 1. The highest BCUT2D eigenvalue weighted by atomic mass is 32.1. The molecule has 3 nitrogen and oxygen atoms in total. The molecule has 0 unspecified atom stereocenters. The van der Waals surface area contributed by atoms with Crippen LogP contribution in [0.2, 0.25) is 0 Å². The molecule has 0 fully saturated rings. The number of benzene rings is 1. The van der Waals surface area contributed by atoms with Gasteiger partial charge in [0, 0.05) is 11.8 Å². The van der Waals surface area contributed by atoms with Crippen molar-refractivity contribution in [3.05, 3.63) is 36.0 Å². The number of fused-ring (bicyclic) bond motifs is 1. The van der Waals surface area contributed by atoms with Gasteiger partial charge in [0.25, 0.3) is 5.19 Å². The Kier molecular flexibility index (Phi) is 2.93. The van der Waals surface area contributed by atoms with Gasteiger partial charge in [0.2, 0.25) is 0 Å². The lowest BCUT2D eigenvalue weighted by molar-refractivity contribution is -0.137. The Labute approximate surface area is 116 Å². The van der Waals surface area contributed by atoms with Gasteiger partial charge in [-0.3, -0.25) is 0 Å². The number of ether oxygens (including phenoxy) is 1. The summed E-state index contributed by atoms with van der Waals surface area (Å²) in [6.45, 7) is 0. The highest BCUT2D eigenvalue weighted by molar-refractivity contribution is 7.20. The van der Waals surface area contributed by atoms with E-state index in [4.69, 9.17) is 4.74 Å². The number of hydrogen-bond acceptors (Lipinski definition) is 3. The van der Waals surface area contributed by atoms with E-state index in [2.05, 4.69) is 9.97 Å². The summed E-state index contributed by atoms with van der Waals surface area (Å²) >= 11 is 1.21. The summed E-state index contributed by atoms with van der Waals surface area (Å²) < 4.78 is 44.9. The molecular formula is C13H9F3N2OS. The van der Waals surface area contributed by atoms with Crippen LogP contribution < -0.4 is 4.74 Å². The summed E-state index contributed by atoms with van der Waals surface area (Å²) in [6, 6.07) is 5.50. The van der Waals surface area contributed by atoms with Crippen LogP contribution in [0.3, 0.4) is 0 Å². The molecule has 20 heavy (non-hydrogen) atoms. The number of hydrogen-bond donors (Lipinski definition) is 1. The van der Waals surface area contributed by atoms with Gasteiger partial charge in [-0.1, -0.05) is 29.5 Å². The third kappa shape index (κ3) is 2.03. The van der Waals surface area contributed by atoms with E-state index in [0.29, 0.717) is 21.1 Å². The molecule has 104 valence electrons. The Hall–Kier alpha value is -2.02. The van der Waals surface area contributed by atoms with Crippen molar-refractivity contribution >= 4 is 21.7 Å². The van der Waals surface area contributed by atoms with Crippen LogP contribution in [-0.2, 0) is 6.18 Å². The predicted octanol–water partition coefficient (Wildman–Crippen LogP) is 4.32. The number of nitrogens with zero attached hydrogens (tertiary/aromatic N) is 1. The maximum Gasteiger partial charge on any atom is 0.417 e. The number of H-pyrrole nitrogens is 1. The van der Waals surface area contributed by atoms with Gasteiger partial charge in [-0.05, 0) is 11.6 Å². The molecule has 0 amide bonds. The van der Waals surface area contributed by atoms with Crippen molar-refractivity contribution in [3.8, 4) is 16.3 Å². The Balaban J connectivity index is 2.23. The first-order valence-electron chi connectivity index (χ1n) is 5.69. The number of alkyl halides is 3. The molecule has 2 aromatic heterocycles. The lowest BCUT2D eigenvalue weighted by Crippen LogP contribution is -2.06. The molecule has 0 saturated carbocycles. The van der Waals surface area contributed by atoms with Crippen molar-refractivity contribution in [2.24, 2.45) is 0 Å². The maximum atomic E-state index is 13.1. The Bertz CT molecular complexity index is 760. The van der Waals surface area contributed by atoms with Gasteiger partial charge in [0.1, 0.15) is 0 Å². The minimum atomic E-state index is -4.39. The zero-order valence-electron chi connectivity index (χ0n) is 10.3. The topological polar surface area (TPSA) is 37.9 Å². The van der Waals surface area contributed by atoms with Gasteiger partial charge in [-0.25, -0.2) is 0 Å². The number of aromatic nitrogens is 2. The average molecular weight is 298 g/mol. The summed E-state index contributed by atoms with van der Waals surface area (Å²) in [6.07, 6.45) is -2.85. The van der Waals surface area contributed by atoms with Gasteiger partial charge >= 0.3 is 6.18 Å². The van der Waals surface area contributed by atoms with E-state index in [0.717, 1.165) is 6.07 Å². The Morgan fingerprint density at radius 3 is 2.65 bits per heavy atom.